The number of benzene rings is 1. The number of fused-ring (bicyclic) bond motifs is 1. The molecule has 3 rings (SSSR count). The number of ether oxygens (including phenoxy) is 1. The van der Waals surface area contributed by atoms with Crippen LogP contribution >= 0.6 is 0 Å². The zero-order valence-corrected chi connectivity index (χ0v) is 16.3. The first-order valence-electron chi connectivity index (χ1n) is 9.05. The van der Waals surface area contributed by atoms with Crippen molar-refractivity contribution in [2.24, 2.45) is 0 Å². The van der Waals surface area contributed by atoms with Gasteiger partial charge in [0, 0.05) is 12.1 Å². The van der Waals surface area contributed by atoms with Gasteiger partial charge in [-0.3, -0.25) is 9.36 Å². The number of aromatic nitrogens is 4. The molecular formula is C19H20F2N4O4. The minimum atomic E-state index is -1.15. The lowest BCUT2D eigenvalue weighted by Gasteiger charge is -2.16. The van der Waals surface area contributed by atoms with Crippen LogP contribution in [0, 0.1) is 11.6 Å². The van der Waals surface area contributed by atoms with Crippen molar-refractivity contribution >= 4 is 17.1 Å². The SMILES string of the molecule is CCOC(=O)[C@H](C)n1cnc2c1c(=O)n(C(C)C)c(=O)n2-c1ccc(F)c(F)c1. The first-order chi connectivity index (χ1) is 13.7. The van der Waals surface area contributed by atoms with E-state index in [4.69, 9.17) is 4.74 Å². The van der Waals surface area contributed by atoms with Crippen LogP contribution in [0.4, 0.5) is 8.78 Å². The highest BCUT2D eigenvalue weighted by Gasteiger charge is 2.25. The standard InChI is InChI=1S/C19H20F2N4O4/c1-5-29-18(27)11(4)23-9-22-16-15(23)17(26)24(10(2)3)19(28)25(16)12-6-7-13(20)14(21)8-12/h6-11H,5H2,1-4H3/t11-/m0/s1. The van der Waals surface area contributed by atoms with E-state index in [0.717, 1.165) is 21.3 Å². The Hall–Kier alpha value is -3.30. The summed E-state index contributed by atoms with van der Waals surface area (Å²) in [5.74, 6) is -2.80. The molecule has 0 fully saturated rings. The predicted octanol–water partition coefficient (Wildman–Crippen LogP) is 2.33. The van der Waals surface area contributed by atoms with Crippen molar-refractivity contribution in [2.45, 2.75) is 39.8 Å². The first-order valence-corrected chi connectivity index (χ1v) is 9.05. The molecule has 0 aliphatic carbocycles. The van der Waals surface area contributed by atoms with Crippen LogP contribution in [0.15, 0.2) is 34.1 Å². The van der Waals surface area contributed by atoms with Crippen molar-refractivity contribution in [1.29, 1.82) is 0 Å². The molecule has 3 aromatic rings. The third kappa shape index (κ3) is 3.34. The summed E-state index contributed by atoms with van der Waals surface area (Å²) < 4.78 is 35.5. The van der Waals surface area contributed by atoms with Gasteiger partial charge in [-0.1, -0.05) is 0 Å². The van der Waals surface area contributed by atoms with E-state index in [1.54, 1.807) is 20.8 Å². The molecule has 0 radical (unpaired) electrons. The van der Waals surface area contributed by atoms with Gasteiger partial charge < -0.3 is 9.30 Å². The van der Waals surface area contributed by atoms with Crippen LogP contribution in [0.25, 0.3) is 16.9 Å². The lowest BCUT2D eigenvalue weighted by molar-refractivity contribution is -0.146. The van der Waals surface area contributed by atoms with Crippen molar-refractivity contribution in [3.05, 3.63) is 57.0 Å². The first kappa shape index (κ1) is 20.4. The highest BCUT2D eigenvalue weighted by molar-refractivity contribution is 5.79. The molecule has 0 bridgehead atoms. The smallest absolute Gasteiger partial charge is 0.337 e. The Morgan fingerprint density at radius 1 is 1.17 bits per heavy atom. The zero-order valence-electron chi connectivity index (χ0n) is 16.3. The summed E-state index contributed by atoms with van der Waals surface area (Å²) in [5, 5.41) is 0. The van der Waals surface area contributed by atoms with Gasteiger partial charge in [0.1, 0.15) is 6.04 Å². The molecule has 2 aromatic heterocycles. The van der Waals surface area contributed by atoms with Crippen LogP contribution in [0.1, 0.15) is 39.8 Å². The molecule has 0 N–H and O–H groups in total. The second kappa shape index (κ2) is 7.61. The highest BCUT2D eigenvalue weighted by atomic mass is 19.2. The Kier molecular flexibility index (Phi) is 5.36. The van der Waals surface area contributed by atoms with Gasteiger partial charge in [-0.15, -0.1) is 0 Å². The van der Waals surface area contributed by atoms with Gasteiger partial charge in [0.15, 0.2) is 22.8 Å². The fourth-order valence-electron chi connectivity index (χ4n) is 3.10. The number of nitrogens with zero attached hydrogens (tertiary/aromatic N) is 4. The number of hydrogen-bond acceptors (Lipinski definition) is 5. The quantitative estimate of drug-likeness (QED) is 0.607. The molecule has 29 heavy (non-hydrogen) atoms. The number of imidazole rings is 1. The van der Waals surface area contributed by atoms with E-state index in [9.17, 15) is 23.2 Å². The predicted molar refractivity (Wildman–Crippen MR) is 101 cm³/mol. The Labute approximate surface area is 164 Å². The van der Waals surface area contributed by atoms with E-state index in [1.807, 2.05) is 0 Å². The number of carbonyl (C=O) groups excluding carboxylic acids is 1. The second-order valence-electron chi connectivity index (χ2n) is 6.74. The lowest BCUT2D eigenvalue weighted by atomic mass is 10.2. The molecule has 0 saturated carbocycles. The van der Waals surface area contributed by atoms with Gasteiger partial charge >= 0.3 is 11.7 Å². The van der Waals surface area contributed by atoms with E-state index in [0.29, 0.717) is 0 Å². The van der Waals surface area contributed by atoms with Gasteiger partial charge in [-0.05, 0) is 39.8 Å². The average molecular weight is 406 g/mol. The van der Waals surface area contributed by atoms with Gasteiger partial charge in [-0.25, -0.2) is 27.9 Å². The summed E-state index contributed by atoms with van der Waals surface area (Å²) in [7, 11) is 0. The maximum Gasteiger partial charge on any atom is 0.337 e. The van der Waals surface area contributed by atoms with Crippen LogP contribution in [-0.4, -0.2) is 31.3 Å². The molecule has 0 unspecified atom stereocenters. The minimum absolute atomic E-state index is 0.00216. The molecule has 10 heteroatoms. The van der Waals surface area contributed by atoms with Crippen LogP contribution in [0.5, 0.6) is 0 Å². The third-order valence-corrected chi connectivity index (χ3v) is 4.53. The molecule has 0 amide bonds. The zero-order chi connectivity index (χ0) is 21.5. The molecule has 154 valence electrons. The largest absolute Gasteiger partial charge is 0.464 e. The topological polar surface area (TPSA) is 88.1 Å². The number of carbonyl (C=O) groups is 1. The van der Waals surface area contributed by atoms with E-state index >= 15 is 0 Å². The lowest BCUT2D eigenvalue weighted by Crippen LogP contribution is -2.41. The Morgan fingerprint density at radius 2 is 1.86 bits per heavy atom. The van der Waals surface area contributed by atoms with Gasteiger partial charge in [0.2, 0.25) is 0 Å². The maximum atomic E-state index is 13.8. The number of halogens is 2. The summed E-state index contributed by atoms with van der Waals surface area (Å²) in [4.78, 5) is 42.4. The van der Waals surface area contributed by atoms with E-state index < -0.39 is 40.9 Å². The Balaban J connectivity index is 2.41. The maximum absolute atomic E-state index is 13.8. The molecule has 8 nitrogen and oxygen atoms in total. The highest BCUT2D eigenvalue weighted by Crippen LogP contribution is 2.19. The van der Waals surface area contributed by atoms with E-state index in [-0.39, 0.29) is 23.5 Å². The third-order valence-electron chi connectivity index (χ3n) is 4.53. The summed E-state index contributed by atoms with van der Waals surface area (Å²) in [5.41, 5.74) is -1.49. The summed E-state index contributed by atoms with van der Waals surface area (Å²) in [6.45, 7) is 6.62. The number of hydrogen-bond donors (Lipinski definition) is 0. The molecule has 0 spiro atoms. The van der Waals surface area contributed by atoms with Gasteiger partial charge in [0.25, 0.3) is 5.56 Å². The fraction of sp³-hybridized carbons (Fsp3) is 0.368. The van der Waals surface area contributed by atoms with Crippen molar-refractivity contribution in [3.8, 4) is 5.69 Å². The fourth-order valence-corrected chi connectivity index (χ4v) is 3.10. The van der Waals surface area contributed by atoms with Crippen LogP contribution < -0.4 is 11.2 Å². The Bertz CT molecular complexity index is 1210. The molecule has 1 atom stereocenters. The monoisotopic (exact) mass is 406 g/mol. The van der Waals surface area contributed by atoms with E-state index in [1.165, 1.54) is 23.9 Å². The average Bonchev–Trinajstić information content (AvgIpc) is 3.09. The summed E-state index contributed by atoms with van der Waals surface area (Å²) in [6, 6.07) is 1.52. The summed E-state index contributed by atoms with van der Waals surface area (Å²) >= 11 is 0. The molecule has 2 heterocycles. The number of rotatable bonds is 5. The minimum Gasteiger partial charge on any atom is -0.464 e. The van der Waals surface area contributed by atoms with Crippen LogP contribution in [-0.2, 0) is 9.53 Å². The molecule has 0 saturated heterocycles. The molecule has 0 aliphatic heterocycles. The van der Waals surface area contributed by atoms with Crippen molar-refractivity contribution in [2.75, 3.05) is 6.61 Å². The second-order valence-corrected chi connectivity index (χ2v) is 6.74. The van der Waals surface area contributed by atoms with Crippen molar-refractivity contribution in [3.63, 3.8) is 0 Å². The molecular weight excluding hydrogens is 386 g/mol. The van der Waals surface area contributed by atoms with Gasteiger partial charge in [-0.2, -0.15) is 0 Å². The summed E-state index contributed by atoms with van der Waals surface area (Å²) in [6.07, 6.45) is 1.24. The number of esters is 1. The normalized spacial score (nSPS) is 12.5. The van der Waals surface area contributed by atoms with Crippen molar-refractivity contribution in [1.82, 2.24) is 18.7 Å². The van der Waals surface area contributed by atoms with E-state index in [2.05, 4.69) is 4.98 Å². The Morgan fingerprint density at radius 3 is 2.45 bits per heavy atom. The molecule has 1 aromatic carbocycles. The van der Waals surface area contributed by atoms with Crippen LogP contribution in [0.2, 0.25) is 0 Å². The molecule has 0 aliphatic rings. The van der Waals surface area contributed by atoms with Gasteiger partial charge in [0.05, 0.1) is 18.6 Å². The van der Waals surface area contributed by atoms with Crippen molar-refractivity contribution < 1.29 is 18.3 Å². The van der Waals surface area contributed by atoms with Crippen LogP contribution in [0.3, 0.4) is 0 Å².